The van der Waals surface area contributed by atoms with Crippen molar-refractivity contribution < 1.29 is 17.9 Å². The third-order valence-corrected chi connectivity index (χ3v) is 3.45. The lowest BCUT2D eigenvalue weighted by Gasteiger charge is -2.23. The van der Waals surface area contributed by atoms with Crippen LogP contribution in [0.25, 0.3) is 0 Å². The minimum atomic E-state index is -4.14. The molecule has 0 saturated heterocycles. The number of rotatable bonds is 6. The summed E-state index contributed by atoms with van der Waals surface area (Å²) in [4.78, 5) is 0. The average Bonchev–Trinajstić information content (AvgIpc) is 2.37. The molecule has 20 heavy (non-hydrogen) atoms. The lowest BCUT2D eigenvalue weighted by Crippen LogP contribution is -2.24. The summed E-state index contributed by atoms with van der Waals surface area (Å²) >= 11 is 0. The molecule has 0 aliphatic carbocycles. The van der Waals surface area contributed by atoms with Crippen molar-refractivity contribution in [3.63, 3.8) is 0 Å². The standard InChI is InChI=1S/C15H22F3NO/c1-5-19-13(8-9-15(16,17)18)12-7-6-10(2)11(3)14(12)20-4/h6-7,13,19H,5,8-9H2,1-4H3. The molecule has 114 valence electrons. The van der Waals surface area contributed by atoms with Crippen LogP contribution in [0.1, 0.15) is 42.5 Å². The molecule has 0 bridgehead atoms. The van der Waals surface area contributed by atoms with Crippen LogP contribution in [-0.4, -0.2) is 19.8 Å². The highest BCUT2D eigenvalue weighted by Gasteiger charge is 2.29. The van der Waals surface area contributed by atoms with E-state index in [4.69, 9.17) is 4.74 Å². The second-order valence-corrected chi connectivity index (χ2v) is 4.89. The Bertz CT molecular complexity index is 443. The summed E-state index contributed by atoms with van der Waals surface area (Å²) < 4.78 is 42.7. The van der Waals surface area contributed by atoms with Crippen molar-refractivity contribution >= 4 is 0 Å². The fourth-order valence-electron chi connectivity index (χ4n) is 2.28. The fraction of sp³-hybridized carbons (Fsp3) is 0.600. The Labute approximate surface area is 118 Å². The van der Waals surface area contributed by atoms with Crippen LogP contribution in [-0.2, 0) is 0 Å². The number of alkyl halides is 3. The Morgan fingerprint density at radius 2 is 1.90 bits per heavy atom. The minimum absolute atomic E-state index is 0.0101. The van der Waals surface area contributed by atoms with E-state index in [0.717, 1.165) is 16.7 Å². The molecular weight excluding hydrogens is 267 g/mol. The van der Waals surface area contributed by atoms with E-state index in [1.807, 2.05) is 32.9 Å². The molecule has 1 atom stereocenters. The molecule has 0 aromatic heterocycles. The summed E-state index contributed by atoms with van der Waals surface area (Å²) in [6, 6.07) is 3.42. The van der Waals surface area contributed by atoms with Gasteiger partial charge < -0.3 is 10.1 Å². The molecule has 1 aromatic carbocycles. The number of hydrogen-bond donors (Lipinski definition) is 1. The molecule has 0 radical (unpaired) electrons. The van der Waals surface area contributed by atoms with Crippen LogP contribution < -0.4 is 10.1 Å². The van der Waals surface area contributed by atoms with E-state index in [0.29, 0.717) is 12.3 Å². The number of benzene rings is 1. The van der Waals surface area contributed by atoms with Crippen LogP contribution in [0.5, 0.6) is 5.75 Å². The van der Waals surface area contributed by atoms with Gasteiger partial charge in [0.15, 0.2) is 0 Å². The van der Waals surface area contributed by atoms with Crippen molar-refractivity contribution in [2.75, 3.05) is 13.7 Å². The van der Waals surface area contributed by atoms with Gasteiger partial charge in [0.25, 0.3) is 0 Å². The predicted octanol–water partition coefficient (Wildman–Crippen LogP) is 4.31. The molecular formula is C15H22F3NO. The van der Waals surface area contributed by atoms with Crippen molar-refractivity contribution in [2.24, 2.45) is 0 Å². The van der Waals surface area contributed by atoms with E-state index >= 15 is 0 Å². The van der Waals surface area contributed by atoms with E-state index < -0.39 is 12.6 Å². The van der Waals surface area contributed by atoms with E-state index in [-0.39, 0.29) is 12.5 Å². The SMILES string of the molecule is CCNC(CCC(F)(F)F)c1ccc(C)c(C)c1OC. The Morgan fingerprint density at radius 1 is 1.25 bits per heavy atom. The Balaban J connectivity index is 3.05. The van der Waals surface area contributed by atoms with Crippen LogP contribution in [0.3, 0.4) is 0 Å². The first-order valence-electron chi connectivity index (χ1n) is 6.74. The van der Waals surface area contributed by atoms with Gasteiger partial charge in [-0.25, -0.2) is 0 Å². The first kappa shape index (κ1) is 16.8. The molecule has 1 rings (SSSR count). The van der Waals surface area contributed by atoms with Gasteiger partial charge in [-0.1, -0.05) is 19.1 Å². The number of ether oxygens (including phenoxy) is 1. The summed E-state index contributed by atoms with van der Waals surface area (Å²) in [6.45, 7) is 6.37. The molecule has 0 aliphatic heterocycles. The van der Waals surface area contributed by atoms with E-state index in [9.17, 15) is 13.2 Å². The van der Waals surface area contributed by atoms with Gasteiger partial charge in [0.2, 0.25) is 0 Å². The molecule has 2 nitrogen and oxygen atoms in total. The van der Waals surface area contributed by atoms with Crippen LogP contribution in [0, 0.1) is 13.8 Å². The van der Waals surface area contributed by atoms with Crippen LogP contribution in [0.4, 0.5) is 13.2 Å². The zero-order chi connectivity index (χ0) is 15.3. The molecule has 1 aromatic rings. The normalized spacial score (nSPS) is 13.3. The highest BCUT2D eigenvalue weighted by atomic mass is 19.4. The van der Waals surface area contributed by atoms with Crippen molar-refractivity contribution in [2.45, 2.75) is 45.8 Å². The van der Waals surface area contributed by atoms with Gasteiger partial charge in [-0.15, -0.1) is 0 Å². The molecule has 0 spiro atoms. The van der Waals surface area contributed by atoms with Gasteiger partial charge in [0.1, 0.15) is 5.75 Å². The third-order valence-electron chi connectivity index (χ3n) is 3.45. The molecule has 0 fully saturated rings. The third kappa shape index (κ3) is 4.40. The average molecular weight is 289 g/mol. The van der Waals surface area contributed by atoms with Gasteiger partial charge in [-0.3, -0.25) is 0 Å². The summed E-state index contributed by atoms with van der Waals surface area (Å²) in [5.74, 6) is 0.679. The van der Waals surface area contributed by atoms with Crippen molar-refractivity contribution in [1.82, 2.24) is 5.32 Å². The highest BCUT2D eigenvalue weighted by Crippen LogP contribution is 2.35. The van der Waals surface area contributed by atoms with Crippen LogP contribution >= 0.6 is 0 Å². The monoisotopic (exact) mass is 289 g/mol. The van der Waals surface area contributed by atoms with Crippen LogP contribution in [0.2, 0.25) is 0 Å². The number of halogens is 3. The molecule has 1 N–H and O–H groups in total. The molecule has 5 heteroatoms. The maximum atomic E-state index is 12.4. The maximum absolute atomic E-state index is 12.4. The number of hydrogen-bond acceptors (Lipinski definition) is 2. The number of methoxy groups -OCH3 is 1. The maximum Gasteiger partial charge on any atom is 0.389 e. The smallest absolute Gasteiger partial charge is 0.389 e. The lowest BCUT2D eigenvalue weighted by atomic mass is 9.96. The zero-order valence-corrected chi connectivity index (χ0v) is 12.4. The van der Waals surface area contributed by atoms with Crippen molar-refractivity contribution in [3.8, 4) is 5.75 Å². The van der Waals surface area contributed by atoms with Gasteiger partial charge in [0, 0.05) is 18.0 Å². The predicted molar refractivity (Wildman–Crippen MR) is 74.2 cm³/mol. The summed E-state index contributed by atoms with van der Waals surface area (Å²) in [5.41, 5.74) is 2.83. The Morgan fingerprint density at radius 3 is 2.40 bits per heavy atom. The Hall–Kier alpha value is -1.23. The lowest BCUT2D eigenvalue weighted by molar-refractivity contribution is -0.136. The first-order valence-corrected chi connectivity index (χ1v) is 6.74. The molecule has 0 aliphatic rings. The summed E-state index contributed by atoms with van der Waals surface area (Å²) in [7, 11) is 1.55. The minimum Gasteiger partial charge on any atom is -0.496 e. The summed E-state index contributed by atoms with van der Waals surface area (Å²) in [5, 5.41) is 3.11. The first-order chi connectivity index (χ1) is 9.30. The molecule has 0 saturated carbocycles. The second-order valence-electron chi connectivity index (χ2n) is 4.89. The molecule has 0 amide bonds. The second kappa shape index (κ2) is 6.97. The van der Waals surface area contributed by atoms with Crippen molar-refractivity contribution in [3.05, 3.63) is 28.8 Å². The topological polar surface area (TPSA) is 21.3 Å². The molecule has 0 heterocycles. The van der Waals surface area contributed by atoms with Gasteiger partial charge in [0.05, 0.1) is 7.11 Å². The zero-order valence-electron chi connectivity index (χ0n) is 12.4. The van der Waals surface area contributed by atoms with Crippen LogP contribution in [0.15, 0.2) is 12.1 Å². The quantitative estimate of drug-likeness (QED) is 0.842. The van der Waals surface area contributed by atoms with Gasteiger partial charge >= 0.3 is 6.18 Å². The van der Waals surface area contributed by atoms with Crippen molar-refractivity contribution in [1.29, 1.82) is 0 Å². The van der Waals surface area contributed by atoms with E-state index in [1.54, 1.807) is 7.11 Å². The number of nitrogens with one attached hydrogen (secondary N) is 1. The molecule has 1 unspecified atom stereocenters. The summed E-state index contributed by atoms with van der Waals surface area (Å²) in [6.07, 6.45) is -4.93. The highest BCUT2D eigenvalue weighted by molar-refractivity contribution is 5.46. The van der Waals surface area contributed by atoms with Gasteiger partial charge in [-0.05, 0) is 37.9 Å². The van der Waals surface area contributed by atoms with E-state index in [2.05, 4.69) is 5.32 Å². The van der Waals surface area contributed by atoms with Gasteiger partial charge in [-0.2, -0.15) is 13.2 Å². The number of aryl methyl sites for hydroxylation is 1. The largest absolute Gasteiger partial charge is 0.496 e. The fourth-order valence-corrected chi connectivity index (χ4v) is 2.28. The van der Waals surface area contributed by atoms with E-state index in [1.165, 1.54) is 0 Å². The Kier molecular flexibility index (Phi) is 5.87.